The van der Waals surface area contributed by atoms with Gasteiger partial charge < -0.3 is 4.90 Å². The van der Waals surface area contributed by atoms with Crippen LogP contribution in [0.5, 0.6) is 0 Å². The maximum absolute atomic E-state index is 4.47. The summed E-state index contributed by atoms with van der Waals surface area (Å²) in [6.45, 7) is 8.79. The van der Waals surface area contributed by atoms with Gasteiger partial charge in [0.15, 0.2) is 5.82 Å². The highest BCUT2D eigenvalue weighted by molar-refractivity contribution is 8.16. The first kappa shape index (κ1) is 16.0. The highest BCUT2D eigenvalue weighted by Crippen LogP contribution is 2.43. The van der Waals surface area contributed by atoms with Crippen LogP contribution in [0.25, 0.3) is 0 Å². The summed E-state index contributed by atoms with van der Waals surface area (Å²) < 4.78 is 2.65. The van der Waals surface area contributed by atoms with Crippen molar-refractivity contribution in [3.05, 3.63) is 5.82 Å². The lowest BCUT2D eigenvalue weighted by molar-refractivity contribution is 0.538. The first-order valence-electron chi connectivity index (χ1n) is 7.54. The molecule has 0 N–H and O–H groups in total. The Kier molecular flexibility index (Phi) is 6.08. The number of rotatable bonds is 6. The van der Waals surface area contributed by atoms with Gasteiger partial charge in [0.1, 0.15) is 4.58 Å². The molecule has 0 amide bonds. The Morgan fingerprint density at radius 3 is 2.60 bits per heavy atom. The van der Waals surface area contributed by atoms with E-state index in [0.29, 0.717) is 10.5 Å². The van der Waals surface area contributed by atoms with Gasteiger partial charge in [-0.3, -0.25) is 4.57 Å². The zero-order chi connectivity index (χ0) is 14.5. The molecule has 1 saturated heterocycles. The largest absolute Gasteiger partial charge is 0.341 e. The van der Waals surface area contributed by atoms with Crippen molar-refractivity contribution in [2.24, 2.45) is 13.0 Å². The molecule has 114 valence electrons. The van der Waals surface area contributed by atoms with Gasteiger partial charge in [-0.2, -0.15) is 0 Å². The summed E-state index contributed by atoms with van der Waals surface area (Å²) >= 11 is 4.01. The molecule has 1 atom stereocenters. The van der Waals surface area contributed by atoms with Crippen LogP contribution in [0.3, 0.4) is 0 Å². The Morgan fingerprint density at radius 2 is 2.00 bits per heavy atom. The molecular formula is C14H26N4S2. The van der Waals surface area contributed by atoms with Gasteiger partial charge in [0.25, 0.3) is 0 Å². The molecule has 2 rings (SSSR count). The maximum Gasteiger partial charge on any atom is 0.227 e. The standard InChI is InChI=1S/C14H26N4S2/c1-5-11(3)10-18(6-2)14-16-15-12(17(14)4)13-19-8-7-9-20-13/h11,13H,5-10H2,1-4H3. The summed E-state index contributed by atoms with van der Waals surface area (Å²) in [6, 6.07) is 0. The van der Waals surface area contributed by atoms with Gasteiger partial charge >= 0.3 is 0 Å². The van der Waals surface area contributed by atoms with Crippen LogP contribution in [-0.2, 0) is 7.05 Å². The normalized spacial score (nSPS) is 18.2. The summed E-state index contributed by atoms with van der Waals surface area (Å²) in [7, 11) is 2.11. The Balaban J connectivity index is 2.13. The smallest absolute Gasteiger partial charge is 0.227 e. The van der Waals surface area contributed by atoms with Crippen LogP contribution in [0.4, 0.5) is 5.95 Å². The predicted octanol–water partition coefficient (Wildman–Crippen LogP) is 3.56. The van der Waals surface area contributed by atoms with Crippen molar-refractivity contribution in [3.63, 3.8) is 0 Å². The number of hydrogen-bond donors (Lipinski definition) is 0. The van der Waals surface area contributed by atoms with E-state index in [1.54, 1.807) is 0 Å². The zero-order valence-corrected chi connectivity index (χ0v) is 14.6. The number of thioether (sulfide) groups is 2. The van der Waals surface area contributed by atoms with Crippen LogP contribution in [0.15, 0.2) is 0 Å². The molecule has 1 fully saturated rings. The van der Waals surface area contributed by atoms with E-state index in [4.69, 9.17) is 0 Å². The minimum absolute atomic E-state index is 0.456. The van der Waals surface area contributed by atoms with E-state index < -0.39 is 0 Å². The number of nitrogens with zero attached hydrogens (tertiary/aromatic N) is 4. The first-order valence-corrected chi connectivity index (χ1v) is 9.64. The van der Waals surface area contributed by atoms with Crippen molar-refractivity contribution in [3.8, 4) is 0 Å². The van der Waals surface area contributed by atoms with Crippen molar-refractivity contribution in [1.82, 2.24) is 14.8 Å². The molecule has 0 bridgehead atoms. The second-order valence-electron chi connectivity index (χ2n) is 5.40. The Hall–Kier alpha value is -0.360. The average Bonchev–Trinajstić information content (AvgIpc) is 2.87. The van der Waals surface area contributed by atoms with E-state index in [9.17, 15) is 0 Å². The highest BCUT2D eigenvalue weighted by Gasteiger charge is 2.24. The lowest BCUT2D eigenvalue weighted by Crippen LogP contribution is -2.30. The predicted molar refractivity (Wildman–Crippen MR) is 90.6 cm³/mol. The molecule has 1 unspecified atom stereocenters. The number of aromatic nitrogens is 3. The Morgan fingerprint density at radius 1 is 1.30 bits per heavy atom. The maximum atomic E-state index is 4.47. The van der Waals surface area contributed by atoms with Gasteiger partial charge in [0.2, 0.25) is 5.95 Å². The summed E-state index contributed by atoms with van der Waals surface area (Å²) in [4.78, 5) is 2.35. The molecule has 1 aliphatic heterocycles. The highest BCUT2D eigenvalue weighted by atomic mass is 32.2. The van der Waals surface area contributed by atoms with E-state index in [1.807, 2.05) is 23.5 Å². The second-order valence-corrected chi connectivity index (χ2v) is 8.12. The van der Waals surface area contributed by atoms with E-state index in [1.165, 1.54) is 24.3 Å². The summed E-state index contributed by atoms with van der Waals surface area (Å²) in [5.74, 6) is 5.31. The number of anilines is 1. The van der Waals surface area contributed by atoms with Gasteiger partial charge in [-0.05, 0) is 30.8 Å². The number of hydrogen-bond acceptors (Lipinski definition) is 5. The van der Waals surface area contributed by atoms with E-state index in [-0.39, 0.29) is 0 Å². The molecule has 1 aliphatic rings. The molecule has 1 aromatic heterocycles. The van der Waals surface area contributed by atoms with Crippen molar-refractivity contribution < 1.29 is 0 Å². The molecule has 20 heavy (non-hydrogen) atoms. The van der Waals surface area contributed by atoms with Crippen molar-refractivity contribution >= 4 is 29.5 Å². The van der Waals surface area contributed by atoms with E-state index in [2.05, 4.69) is 47.5 Å². The fourth-order valence-electron chi connectivity index (χ4n) is 2.31. The first-order chi connectivity index (χ1) is 9.67. The molecule has 0 aromatic carbocycles. The van der Waals surface area contributed by atoms with Crippen molar-refractivity contribution in [2.75, 3.05) is 29.5 Å². The minimum atomic E-state index is 0.456. The fraction of sp³-hybridized carbons (Fsp3) is 0.857. The van der Waals surface area contributed by atoms with Gasteiger partial charge in [-0.1, -0.05) is 20.3 Å². The van der Waals surface area contributed by atoms with Gasteiger partial charge in [-0.15, -0.1) is 33.7 Å². The van der Waals surface area contributed by atoms with Crippen LogP contribution in [-0.4, -0.2) is 39.4 Å². The molecule has 1 aromatic rings. The van der Waals surface area contributed by atoms with Crippen LogP contribution in [0.2, 0.25) is 0 Å². The third-order valence-electron chi connectivity index (χ3n) is 3.82. The van der Waals surface area contributed by atoms with Crippen LogP contribution < -0.4 is 4.90 Å². The summed E-state index contributed by atoms with van der Waals surface area (Å²) in [5, 5.41) is 8.93. The van der Waals surface area contributed by atoms with Crippen LogP contribution in [0.1, 0.15) is 44.0 Å². The third-order valence-corrected chi connectivity index (χ3v) is 6.71. The Labute approximate surface area is 131 Å². The topological polar surface area (TPSA) is 34.0 Å². The monoisotopic (exact) mass is 314 g/mol. The van der Waals surface area contributed by atoms with E-state index >= 15 is 0 Å². The molecule has 2 heterocycles. The van der Waals surface area contributed by atoms with Gasteiger partial charge in [-0.25, -0.2) is 0 Å². The van der Waals surface area contributed by atoms with Crippen LogP contribution >= 0.6 is 23.5 Å². The minimum Gasteiger partial charge on any atom is -0.341 e. The summed E-state index contributed by atoms with van der Waals surface area (Å²) in [5.41, 5.74) is 0. The zero-order valence-electron chi connectivity index (χ0n) is 13.0. The van der Waals surface area contributed by atoms with Gasteiger partial charge in [0.05, 0.1) is 0 Å². The van der Waals surface area contributed by atoms with Crippen molar-refractivity contribution in [2.45, 2.75) is 38.2 Å². The van der Waals surface area contributed by atoms with E-state index in [0.717, 1.165) is 24.9 Å². The average molecular weight is 315 g/mol. The molecule has 0 aliphatic carbocycles. The second kappa shape index (κ2) is 7.59. The Bertz CT molecular complexity index is 415. The lowest BCUT2D eigenvalue weighted by atomic mass is 10.1. The molecule has 0 spiro atoms. The quantitative estimate of drug-likeness (QED) is 0.802. The molecule has 6 heteroatoms. The fourth-order valence-corrected chi connectivity index (χ4v) is 5.21. The molecule has 0 radical (unpaired) electrons. The summed E-state index contributed by atoms with van der Waals surface area (Å²) in [6.07, 6.45) is 2.52. The van der Waals surface area contributed by atoms with Crippen molar-refractivity contribution in [1.29, 1.82) is 0 Å². The third kappa shape index (κ3) is 3.64. The van der Waals surface area contributed by atoms with Crippen LogP contribution in [0, 0.1) is 5.92 Å². The molecular weight excluding hydrogens is 288 g/mol. The van der Waals surface area contributed by atoms with Gasteiger partial charge in [0, 0.05) is 20.1 Å². The SMILES string of the molecule is CCC(C)CN(CC)c1nnc(C2SCCCS2)n1C. The lowest BCUT2D eigenvalue weighted by Gasteiger charge is -2.25. The molecule has 0 saturated carbocycles. The molecule has 4 nitrogen and oxygen atoms in total.